The molecule has 2 rings (SSSR count). The third-order valence-electron chi connectivity index (χ3n) is 10.5. The van der Waals surface area contributed by atoms with Crippen LogP contribution in [0.1, 0.15) is 72.0 Å². The molecule has 382 valence electrons. The number of carbonyl (C=O) groups excluding carboxylic acids is 2. The van der Waals surface area contributed by atoms with Crippen LogP contribution in [0.2, 0.25) is 17.1 Å². The van der Waals surface area contributed by atoms with Crippen molar-refractivity contribution in [1.29, 1.82) is 0 Å². The van der Waals surface area contributed by atoms with E-state index in [1.165, 1.54) is 70.4 Å². The maximum Gasteiger partial charge on any atom is 0.460 e. The number of allylic oxidation sites excluding steroid dienone is 1. The van der Waals surface area contributed by atoms with Gasteiger partial charge in [-0.2, -0.15) is 74.6 Å². The molecule has 0 fully saturated rings. The zero-order chi connectivity index (χ0) is 52.0. The number of nitrogens with one attached hydrogen (secondary N) is 2. The fourth-order valence-electron chi connectivity index (χ4n) is 6.48. The van der Waals surface area contributed by atoms with Gasteiger partial charge in [0.1, 0.15) is 30.1 Å². The second-order valence-electron chi connectivity index (χ2n) is 15.6. The number of amides is 2. The van der Waals surface area contributed by atoms with Crippen molar-refractivity contribution in [2.75, 3.05) is 18.5 Å². The molecule has 0 aromatic heterocycles. The first-order chi connectivity index (χ1) is 30.3. The highest BCUT2D eigenvalue weighted by atomic mass is 28.4. The lowest BCUT2D eigenvalue weighted by Crippen LogP contribution is -2.74. The van der Waals surface area contributed by atoms with Gasteiger partial charge in [-0.05, 0) is 73.1 Å². The molecule has 0 heterocycles. The van der Waals surface area contributed by atoms with E-state index in [1.54, 1.807) is 0 Å². The van der Waals surface area contributed by atoms with E-state index < -0.39 is 128 Å². The Hall–Kier alpha value is -4.47. The molecule has 28 heteroatoms. The van der Waals surface area contributed by atoms with E-state index in [4.69, 9.17) is 19.1 Å². The van der Waals surface area contributed by atoms with E-state index in [2.05, 4.69) is 5.32 Å². The molecule has 1 atom stereocenters. The monoisotopic (exact) mass is 1020 g/mol. The minimum absolute atomic E-state index is 0.0450. The summed E-state index contributed by atoms with van der Waals surface area (Å²) >= 11 is 0. The zero-order valence-electron chi connectivity index (χ0n) is 35.5. The predicted molar refractivity (Wildman–Crippen MR) is 201 cm³/mol. The van der Waals surface area contributed by atoms with Gasteiger partial charge in [-0.25, -0.2) is 19.1 Å². The Balaban J connectivity index is 2.28. The average molecular weight is 1020 g/mol. The Morgan fingerprint density at radius 2 is 1.22 bits per heavy atom. The fourth-order valence-corrected chi connectivity index (χ4v) is 10.9. The summed E-state index contributed by atoms with van der Waals surface area (Å²) in [5, 5.41) is 10.9. The summed E-state index contributed by atoms with van der Waals surface area (Å²) < 4.78 is 280. The van der Waals surface area contributed by atoms with Gasteiger partial charge < -0.3 is 13.9 Å². The van der Waals surface area contributed by atoms with Crippen LogP contribution < -0.4 is 15.5 Å². The lowest BCUT2D eigenvalue weighted by atomic mass is 9.88. The van der Waals surface area contributed by atoms with Crippen molar-refractivity contribution in [3.63, 3.8) is 0 Å². The number of alkyl halides is 17. The second kappa shape index (κ2) is 21.4. The van der Waals surface area contributed by atoms with Crippen LogP contribution in [0.5, 0.6) is 5.75 Å². The highest BCUT2D eigenvalue weighted by molar-refractivity contribution is 6.76. The molecule has 67 heavy (non-hydrogen) atoms. The molecule has 3 N–H and O–H groups in total. The van der Waals surface area contributed by atoms with Gasteiger partial charge in [0, 0.05) is 18.1 Å². The Kier molecular flexibility index (Phi) is 18.8. The van der Waals surface area contributed by atoms with Crippen LogP contribution in [0.3, 0.4) is 0 Å². The van der Waals surface area contributed by atoms with Gasteiger partial charge >= 0.3 is 53.7 Å². The molecule has 0 radical (unpaired) electrons. The minimum atomic E-state index is -8.72. The number of rotatable bonds is 24. The van der Waals surface area contributed by atoms with Crippen molar-refractivity contribution >= 4 is 26.0 Å². The molecule has 0 unspecified atom stereocenters. The Morgan fingerprint density at radius 1 is 0.716 bits per heavy atom. The third-order valence-corrected chi connectivity index (χ3v) is 16.2. The molecule has 8 nitrogen and oxygen atoms in total. The predicted octanol–water partition coefficient (Wildman–Crippen LogP) is 13.4. The van der Waals surface area contributed by atoms with Crippen molar-refractivity contribution in [2.24, 2.45) is 0 Å². The Bertz CT molecular complexity index is 2010. The first-order valence-corrected chi connectivity index (χ1v) is 21.7. The number of hydrogen-bond donors (Lipinski definition) is 3. The Morgan fingerprint density at radius 3 is 1.70 bits per heavy atom. The summed E-state index contributed by atoms with van der Waals surface area (Å²) in [5.41, 5.74) is -0.387. The van der Waals surface area contributed by atoms with E-state index in [-0.39, 0.29) is 30.6 Å². The summed E-state index contributed by atoms with van der Waals surface area (Å²) in [6.07, 6.45) is -10.7. The van der Waals surface area contributed by atoms with Gasteiger partial charge in [-0.3, -0.25) is 15.3 Å². The molecule has 0 saturated heterocycles. The quantitative estimate of drug-likeness (QED) is 0.0242. The topological polar surface area (TPSA) is 106 Å². The summed E-state index contributed by atoms with van der Waals surface area (Å²) in [7, 11) is -4.05. The summed E-state index contributed by atoms with van der Waals surface area (Å²) in [6, 6.07) is 6.32. The Labute approximate surface area is 370 Å². The molecule has 0 bridgehead atoms. The number of anilines is 1. The van der Waals surface area contributed by atoms with Crippen molar-refractivity contribution in [1.82, 2.24) is 5.48 Å². The molecular weight excluding hydrogens is 981 g/mol. The average Bonchev–Trinajstić information content (AvgIpc) is 3.21. The number of hydroxylamine groups is 1. The lowest BCUT2D eigenvalue weighted by molar-refractivity contribution is -0.461. The van der Waals surface area contributed by atoms with Crippen LogP contribution in [0, 0.1) is 11.6 Å². The summed E-state index contributed by atoms with van der Waals surface area (Å²) in [6.45, 7) is 5.48. The number of unbranched alkanes of at least 4 members (excludes halogenated alkanes) is 1. The van der Waals surface area contributed by atoms with Gasteiger partial charge in [0.05, 0.1) is 12.3 Å². The number of carbonyl (C=O) groups is 2. The van der Waals surface area contributed by atoms with Gasteiger partial charge in [0.25, 0.3) is 5.91 Å². The van der Waals surface area contributed by atoms with Crippen LogP contribution in [0.25, 0.3) is 0 Å². The highest BCUT2D eigenvalue weighted by Gasteiger charge is 2.95. The number of hydrogen-bond acceptors (Lipinski definition) is 6. The molecule has 0 aliphatic carbocycles. The van der Waals surface area contributed by atoms with Crippen LogP contribution in [-0.2, 0) is 14.0 Å². The molecule has 0 aliphatic rings. The largest absolute Gasteiger partial charge is 0.491 e. The SMILES string of the molecule is C/C(=C\CCC[C@H](OC(=O)Nc1ccc(F)cc1F)c1ccc(OCCO[Si](CCC(F)(F)C(F)(F)C(F)(F)C(F)(F)C(F)(F)C(F)(F)C(F)(F)C(F)(F)F)(C(C)C)C(C)C)cc1)C(=O)NO. The van der Waals surface area contributed by atoms with E-state index in [0.717, 1.165) is 12.1 Å². The fraction of sp³-hybridized carbons (Fsp3) is 0.590. The number of ether oxygens (including phenoxy) is 2. The van der Waals surface area contributed by atoms with Crippen LogP contribution in [0.4, 0.5) is 93.9 Å². The molecule has 0 saturated carbocycles. The van der Waals surface area contributed by atoms with Crippen molar-refractivity contribution in [3.05, 3.63) is 71.3 Å². The summed E-state index contributed by atoms with van der Waals surface area (Å²) in [5.74, 6) is -59.8. The van der Waals surface area contributed by atoms with E-state index in [1.807, 2.05) is 0 Å². The first-order valence-electron chi connectivity index (χ1n) is 19.4. The minimum Gasteiger partial charge on any atom is -0.491 e. The zero-order valence-corrected chi connectivity index (χ0v) is 36.5. The maximum absolute atomic E-state index is 15.0. The van der Waals surface area contributed by atoms with Gasteiger partial charge in [-0.1, -0.05) is 45.9 Å². The van der Waals surface area contributed by atoms with Crippen LogP contribution in [-0.4, -0.2) is 86.4 Å². The van der Waals surface area contributed by atoms with Gasteiger partial charge in [0.2, 0.25) is 0 Å². The lowest BCUT2D eigenvalue weighted by Gasteiger charge is -2.44. The van der Waals surface area contributed by atoms with Crippen LogP contribution in [0.15, 0.2) is 54.1 Å². The van der Waals surface area contributed by atoms with Crippen molar-refractivity contribution in [2.45, 2.75) is 131 Å². The smallest absolute Gasteiger partial charge is 0.460 e. The maximum atomic E-state index is 15.0. The van der Waals surface area contributed by atoms with Crippen molar-refractivity contribution in [3.8, 4) is 5.75 Å². The van der Waals surface area contributed by atoms with Gasteiger partial charge in [-0.15, -0.1) is 0 Å². The molecule has 2 aromatic rings. The second-order valence-corrected chi connectivity index (χ2v) is 20.6. The van der Waals surface area contributed by atoms with E-state index in [0.29, 0.717) is 11.6 Å². The molecule has 2 aromatic carbocycles. The van der Waals surface area contributed by atoms with E-state index >= 15 is 0 Å². The van der Waals surface area contributed by atoms with E-state index in [9.17, 15) is 93.0 Å². The molecule has 2 amide bonds. The molecule has 0 spiro atoms. The standard InChI is InChI=1S/C39H43F19N2O6Si/c1-21(2)67(22(3)4,19-16-32(42,43)33(44,45)34(46,47)35(48,49)36(50,51)37(52,53)38(54,55)39(56,57)58)65-18-17-64-26-13-10-24(11-14-26)29(9-7-6-8-23(5)30(61)60-63)66-31(62)59-28-15-12-25(40)20-27(28)41/h8,10-15,20-22,29,63H,6-7,9,16-19H2,1-5H3,(H,59,62)(H,60,61)/b23-8+/t29-/m0/s1. The first kappa shape index (κ1) is 58.7. The van der Waals surface area contributed by atoms with Crippen LogP contribution >= 0.6 is 0 Å². The number of benzene rings is 2. The van der Waals surface area contributed by atoms with Crippen molar-refractivity contribution < 1.29 is 112 Å². The highest BCUT2D eigenvalue weighted by Crippen LogP contribution is 2.64. The van der Waals surface area contributed by atoms with Gasteiger partial charge in [0.15, 0.2) is 8.32 Å². The third kappa shape index (κ3) is 12.2. The summed E-state index contributed by atoms with van der Waals surface area (Å²) in [4.78, 5) is 24.3. The molecular formula is C39H43F19N2O6Si. The molecule has 0 aliphatic heterocycles. The normalized spacial score (nSPS) is 14.6. The number of halogens is 19.